The average molecular weight is 290 g/mol. The maximum Gasteiger partial charge on any atom is 0.137 e. The zero-order valence-corrected chi connectivity index (χ0v) is 12.3. The summed E-state index contributed by atoms with van der Waals surface area (Å²) < 4.78 is 0. The molecule has 2 heteroatoms. The monoisotopic (exact) mass is 290 g/mol. The summed E-state index contributed by atoms with van der Waals surface area (Å²) in [6.45, 7) is 0. The number of Topliss-reactive ketones (excluding diaryl/α,β-unsaturated/α-hetero) is 2. The number of carbonyl (C=O) groups excluding carboxylic acids is 2. The Labute approximate surface area is 130 Å². The molecule has 2 aromatic carbocycles. The summed E-state index contributed by atoms with van der Waals surface area (Å²) in [5.41, 5.74) is 2.26. The van der Waals surface area contributed by atoms with E-state index in [1.807, 2.05) is 60.7 Å². The first kappa shape index (κ1) is 13.4. The first-order valence-electron chi connectivity index (χ1n) is 7.91. The van der Waals surface area contributed by atoms with Crippen molar-refractivity contribution in [3.63, 3.8) is 0 Å². The van der Waals surface area contributed by atoms with Crippen molar-refractivity contribution in [1.82, 2.24) is 0 Å². The van der Waals surface area contributed by atoms with Crippen molar-refractivity contribution in [2.24, 2.45) is 11.8 Å². The van der Waals surface area contributed by atoms with Crippen LogP contribution in [-0.4, -0.2) is 11.6 Å². The van der Waals surface area contributed by atoms with Crippen LogP contribution in [0.3, 0.4) is 0 Å². The molecule has 0 amide bonds. The Balaban J connectivity index is 1.71. The Kier molecular flexibility index (Phi) is 3.18. The minimum absolute atomic E-state index is 0.0694. The largest absolute Gasteiger partial charge is 0.299 e. The second kappa shape index (κ2) is 5.20. The lowest BCUT2D eigenvalue weighted by molar-refractivity contribution is -0.124. The van der Waals surface area contributed by atoms with Gasteiger partial charge >= 0.3 is 0 Å². The smallest absolute Gasteiger partial charge is 0.137 e. The molecule has 2 nitrogen and oxygen atoms in total. The molecule has 0 aliphatic heterocycles. The molecule has 0 N–H and O–H groups in total. The minimum atomic E-state index is -0.125. The van der Waals surface area contributed by atoms with E-state index >= 15 is 0 Å². The molecular formula is C20H18O2. The summed E-state index contributed by atoms with van der Waals surface area (Å²) in [5, 5.41) is 0. The molecular weight excluding hydrogens is 272 g/mol. The standard InChI is InChI=1S/C20H18O2/c21-17-11-15(13-7-3-1-4-8-13)19-18(22)12-16(20(17)19)14-9-5-2-6-10-14/h1-10,15-16,19-20H,11-12H2/t15-,16-,19+,20+/m1/s1. The molecule has 4 atom stereocenters. The lowest BCUT2D eigenvalue weighted by Crippen LogP contribution is -2.19. The van der Waals surface area contributed by atoms with Gasteiger partial charge in [-0.2, -0.15) is 0 Å². The third-order valence-corrected chi connectivity index (χ3v) is 5.30. The van der Waals surface area contributed by atoms with Gasteiger partial charge in [-0.25, -0.2) is 0 Å². The Bertz CT molecular complexity index is 642. The second-order valence-electron chi connectivity index (χ2n) is 6.43. The summed E-state index contributed by atoms with van der Waals surface area (Å²) in [6.07, 6.45) is 1.02. The quantitative estimate of drug-likeness (QED) is 0.844. The number of benzene rings is 2. The fourth-order valence-corrected chi connectivity index (χ4v) is 4.36. The van der Waals surface area contributed by atoms with Crippen LogP contribution < -0.4 is 0 Å². The molecule has 4 rings (SSSR count). The van der Waals surface area contributed by atoms with Gasteiger partial charge in [0.25, 0.3) is 0 Å². The van der Waals surface area contributed by atoms with E-state index < -0.39 is 0 Å². The highest BCUT2D eigenvalue weighted by molar-refractivity contribution is 5.99. The van der Waals surface area contributed by atoms with E-state index in [4.69, 9.17) is 0 Å². The highest BCUT2D eigenvalue weighted by atomic mass is 16.1. The van der Waals surface area contributed by atoms with E-state index in [0.717, 1.165) is 11.1 Å². The maximum atomic E-state index is 12.6. The van der Waals surface area contributed by atoms with Gasteiger partial charge in [0.1, 0.15) is 11.6 Å². The first-order valence-corrected chi connectivity index (χ1v) is 7.91. The summed E-state index contributed by atoms with van der Waals surface area (Å²) in [6, 6.07) is 20.1. The van der Waals surface area contributed by atoms with Gasteiger partial charge in [0, 0.05) is 36.5 Å². The van der Waals surface area contributed by atoms with Gasteiger partial charge in [-0.05, 0) is 11.1 Å². The van der Waals surface area contributed by atoms with Crippen molar-refractivity contribution in [3.8, 4) is 0 Å². The van der Waals surface area contributed by atoms with E-state index in [9.17, 15) is 9.59 Å². The second-order valence-corrected chi connectivity index (χ2v) is 6.43. The summed E-state index contributed by atoms with van der Waals surface area (Å²) >= 11 is 0. The van der Waals surface area contributed by atoms with Crippen LogP contribution in [0.5, 0.6) is 0 Å². The molecule has 2 fully saturated rings. The number of carbonyl (C=O) groups is 2. The van der Waals surface area contributed by atoms with Crippen LogP contribution in [0.1, 0.15) is 35.8 Å². The van der Waals surface area contributed by atoms with Gasteiger partial charge in [0.15, 0.2) is 0 Å². The number of hydrogen-bond donors (Lipinski definition) is 0. The summed E-state index contributed by atoms with van der Waals surface area (Å²) in [4.78, 5) is 25.2. The Hall–Kier alpha value is -2.22. The van der Waals surface area contributed by atoms with E-state index in [0.29, 0.717) is 12.8 Å². The van der Waals surface area contributed by atoms with Crippen LogP contribution in [0.4, 0.5) is 0 Å². The predicted octanol–water partition coefficient (Wildman–Crippen LogP) is 3.73. The van der Waals surface area contributed by atoms with Gasteiger partial charge < -0.3 is 0 Å². The number of rotatable bonds is 2. The fourth-order valence-electron chi connectivity index (χ4n) is 4.36. The minimum Gasteiger partial charge on any atom is -0.299 e. The Morgan fingerprint density at radius 2 is 0.955 bits per heavy atom. The number of hydrogen-bond acceptors (Lipinski definition) is 2. The third-order valence-electron chi connectivity index (χ3n) is 5.30. The summed E-state index contributed by atoms with van der Waals surface area (Å²) in [7, 11) is 0. The molecule has 0 radical (unpaired) electrons. The van der Waals surface area contributed by atoms with E-state index in [-0.39, 0.29) is 35.2 Å². The van der Waals surface area contributed by atoms with E-state index in [1.165, 1.54) is 0 Å². The van der Waals surface area contributed by atoms with Crippen LogP contribution in [0.2, 0.25) is 0 Å². The molecule has 2 aliphatic rings. The molecule has 0 unspecified atom stereocenters. The fraction of sp³-hybridized carbons (Fsp3) is 0.300. The Morgan fingerprint density at radius 3 is 1.32 bits per heavy atom. The highest BCUT2D eigenvalue weighted by Crippen LogP contribution is 2.54. The highest BCUT2D eigenvalue weighted by Gasteiger charge is 2.55. The topological polar surface area (TPSA) is 34.1 Å². The van der Waals surface area contributed by atoms with Crippen molar-refractivity contribution in [2.45, 2.75) is 24.7 Å². The normalized spacial score (nSPS) is 30.5. The van der Waals surface area contributed by atoms with Gasteiger partial charge in [0.05, 0.1) is 0 Å². The van der Waals surface area contributed by atoms with E-state index in [1.54, 1.807) is 0 Å². The van der Waals surface area contributed by atoms with Crippen molar-refractivity contribution in [1.29, 1.82) is 0 Å². The molecule has 0 bridgehead atoms. The van der Waals surface area contributed by atoms with Crippen LogP contribution in [0.25, 0.3) is 0 Å². The van der Waals surface area contributed by atoms with Crippen LogP contribution >= 0.6 is 0 Å². The van der Waals surface area contributed by atoms with Gasteiger partial charge in [-0.15, -0.1) is 0 Å². The SMILES string of the molecule is O=C1C[C@H](c2ccccc2)[C@H]2C(=O)C[C@H](c3ccccc3)[C@@H]12. The van der Waals surface area contributed by atoms with Crippen molar-refractivity contribution in [3.05, 3.63) is 71.8 Å². The first-order chi connectivity index (χ1) is 10.8. The lowest BCUT2D eigenvalue weighted by Gasteiger charge is -2.18. The molecule has 0 heterocycles. The molecule has 2 aliphatic carbocycles. The lowest BCUT2D eigenvalue weighted by atomic mass is 9.83. The molecule has 2 aromatic rings. The van der Waals surface area contributed by atoms with Crippen molar-refractivity contribution < 1.29 is 9.59 Å². The van der Waals surface area contributed by atoms with Gasteiger partial charge in [-0.1, -0.05) is 60.7 Å². The zero-order chi connectivity index (χ0) is 15.1. The third kappa shape index (κ3) is 2.02. The predicted molar refractivity (Wildman–Crippen MR) is 84.6 cm³/mol. The molecule has 0 aromatic heterocycles. The van der Waals surface area contributed by atoms with Crippen LogP contribution in [0, 0.1) is 11.8 Å². The summed E-state index contributed by atoms with van der Waals surface area (Å²) in [5.74, 6) is 0.414. The average Bonchev–Trinajstić information content (AvgIpc) is 3.09. The molecule has 0 saturated heterocycles. The van der Waals surface area contributed by atoms with Gasteiger partial charge in [0.2, 0.25) is 0 Å². The maximum absolute atomic E-state index is 12.6. The van der Waals surface area contributed by atoms with E-state index in [2.05, 4.69) is 0 Å². The van der Waals surface area contributed by atoms with Crippen LogP contribution in [0.15, 0.2) is 60.7 Å². The number of fused-ring (bicyclic) bond motifs is 1. The Morgan fingerprint density at radius 1 is 0.591 bits per heavy atom. The molecule has 2 saturated carbocycles. The molecule has 110 valence electrons. The molecule has 22 heavy (non-hydrogen) atoms. The van der Waals surface area contributed by atoms with Gasteiger partial charge in [-0.3, -0.25) is 9.59 Å². The zero-order valence-electron chi connectivity index (χ0n) is 12.3. The van der Waals surface area contributed by atoms with Crippen LogP contribution in [-0.2, 0) is 9.59 Å². The number of ketones is 2. The van der Waals surface area contributed by atoms with Crippen molar-refractivity contribution in [2.75, 3.05) is 0 Å². The molecule has 0 spiro atoms. The van der Waals surface area contributed by atoms with Crippen molar-refractivity contribution >= 4 is 11.6 Å².